The molecule has 1 fully saturated rings. The number of aryl methyl sites for hydroxylation is 1. The fourth-order valence-corrected chi connectivity index (χ4v) is 6.17. The second-order valence-electron chi connectivity index (χ2n) is 8.65. The van der Waals surface area contributed by atoms with Crippen LogP contribution in [0.1, 0.15) is 43.2 Å². The van der Waals surface area contributed by atoms with Crippen molar-refractivity contribution in [3.8, 4) is 11.5 Å². The maximum Gasteiger partial charge on any atom is 0.282 e. The molecular weight excluding hydrogens is 418 g/mol. The van der Waals surface area contributed by atoms with Crippen LogP contribution in [0.4, 0.5) is 0 Å². The van der Waals surface area contributed by atoms with E-state index >= 15 is 0 Å². The van der Waals surface area contributed by atoms with Crippen molar-refractivity contribution in [2.45, 2.75) is 45.1 Å². The molecule has 0 saturated carbocycles. The molecule has 31 heavy (non-hydrogen) atoms. The van der Waals surface area contributed by atoms with Gasteiger partial charge in [-0.1, -0.05) is 6.42 Å². The van der Waals surface area contributed by atoms with E-state index in [1.54, 1.807) is 8.61 Å². The Kier molecular flexibility index (Phi) is 7.71. The summed E-state index contributed by atoms with van der Waals surface area (Å²) in [4.78, 5) is 2.31. The van der Waals surface area contributed by atoms with Crippen LogP contribution in [-0.4, -0.2) is 81.7 Å². The average molecular weight is 454 g/mol. The topological polar surface area (TPSA) is 71.6 Å². The fraction of sp³-hybridized carbons (Fsp3) is 0.727. The van der Waals surface area contributed by atoms with E-state index in [1.807, 2.05) is 0 Å². The van der Waals surface area contributed by atoms with Gasteiger partial charge in [0.15, 0.2) is 11.5 Å². The molecule has 0 unspecified atom stereocenters. The van der Waals surface area contributed by atoms with E-state index in [0.29, 0.717) is 46.2 Å². The smallest absolute Gasteiger partial charge is 0.282 e. The van der Waals surface area contributed by atoms with Crippen LogP contribution in [0.25, 0.3) is 0 Å². The fourth-order valence-electron chi connectivity index (χ4n) is 4.51. The molecular formula is C22H35N3O5S. The van der Waals surface area contributed by atoms with Gasteiger partial charge in [0.1, 0.15) is 0 Å². The molecule has 0 radical (unpaired) electrons. The molecule has 4 rings (SSSR count). The van der Waals surface area contributed by atoms with Crippen molar-refractivity contribution in [2.75, 3.05) is 59.8 Å². The highest BCUT2D eigenvalue weighted by Gasteiger charge is 2.30. The highest BCUT2D eigenvalue weighted by atomic mass is 32.2. The monoisotopic (exact) mass is 453 g/mol. The lowest BCUT2D eigenvalue weighted by atomic mass is 9.99. The second kappa shape index (κ2) is 10.5. The Balaban J connectivity index is 1.44. The SMILES string of the molecule is CN1CCCCN(S(=O)(=O)N2CCOCC2)CCCCCc2cc3c(cc2C1)OCO3. The van der Waals surface area contributed by atoms with Crippen molar-refractivity contribution < 1.29 is 22.6 Å². The number of hydrogen-bond donors (Lipinski definition) is 0. The summed E-state index contributed by atoms with van der Waals surface area (Å²) in [6, 6.07) is 4.27. The number of hydrogen-bond acceptors (Lipinski definition) is 6. The van der Waals surface area contributed by atoms with Gasteiger partial charge < -0.3 is 19.1 Å². The minimum Gasteiger partial charge on any atom is -0.454 e. The summed E-state index contributed by atoms with van der Waals surface area (Å²) < 4.78 is 46.2. The van der Waals surface area contributed by atoms with Gasteiger partial charge in [-0.2, -0.15) is 17.0 Å². The molecule has 9 heteroatoms. The normalized spacial score (nSPS) is 23.3. The zero-order chi connectivity index (χ0) is 21.7. The van der Waals surface area contributed by atoms with Crippen LogP contribution in [0.5, 0.6) is 11.5 Å². The first-order valence-corrected chi connectivity index (χ1v) is 12.9. The first-order chi connectivity index (χ1) is 15.0. The van der Waals surface area contributed by atoms with E-state index < -0.39 is 10.2 Å². The van der Waals surface area contributed by atoms with Gasteiger partial charge in [0.05, 0.1) is 13.2 Å². The van der Waals surface area contributed by atoms with Gasteiger partial charge in [0, 0.05) is 32.7 Å². The summed E-state index contributed by atoms with van der Waals surface area (Å²) in [5, 5.41) is 0. The number of nitrogens with zero attached hydrogens (tertiary/aromatic N) is 3. The summed E-state index contributed by atoms with van der Waals surface area (Å²) in [6.45, 7) is 5.13. The second-order valence-corrected chi connectivity index (χ2v) is 10.6. The summed E-state index contributed by atoms with van der Waals surface area (Å²) in [5.74, 6) is 1.68. The molecule has 0 atom stereocenters. The first kappa shape index (κ1) is 22.8. The predicted molar refractivity (Wildman–Crippen MR) is 119 cm³/mol. The van der Waals surface area contributed by atoms with Crippen molar-refractivity contribution >= 4 is 10.2 Å². The molecule has 8 nitrogen and oxygen atoms in total. The highest BCUT2D eigenvalue weighted by molar-refractivity contribution is 7.86. The van der Waals surface area contributed by atoms with Gasteiger partial charge in [-0.3, -0.25) is 0 Å². The average Bonchev–Trinajstić information content (AvgIpc) is 3.22. The van der Waals surface area contributed by atoms with Gasteiger partial charge in [0.25, 0.3) is 10.2 Å². The Morgan fingerprint density at radius 2 is 1.39 bits per heavy atom. The molecule has 3 aliphatic rings. The summed E-state index contributed by atoms with van der Waals surface area (Å²) in [6.07, 6.45) is 5.70. The van der Waals surface area contributed by atoms with Crippen molar-refractivity contribution in [1.29, 1.82) is 0 Å². The van der Waals surface area contributed by atoms with Crippen LogP contribution < -0.4 is 9.47 Å². The summed E-state index contributed by atoms with van der Waals surface area (Å²) >= 11 is 0. The Morgan fingerprint density at radius 3 is 2.13 bits per heavy atom. The Morgan fingerprint density at radius 1 is 0.774 bits per heavy atom. The molecule has 1 aromatic rings. The standard InChI is InChI=1S/C22H35N3O5S/c1-23-8-5-6-10-24(31(26,27)25-11-13-28-14-12-25)9-4-2-3-7-19-15-21-22(30-18-29-21)16-20(19)17-23/h15-16H,2-14,17-18H2,1H3. The third-order valence-corrected chi connectivity index (χ3v) is 8.34. The van der Waals surface area contributed by atoms with Crippen LogP contribution in [0.3, 0.4) is 0 Å². The number of fused-ring (bicyclic) bond motifs is 2. The third-order valence-electron chi connectivity index (χ3n) is 6.31. The maximum absolute atomic E-state index is 13.2. The van der Waals surface area contributed by atoms with Crippen LogP contribution in [-0.2, 0) is 27.9 Å². The van der Waals surface area contributed by atoms with Crippen LogP contribution in [0, 0.1) is 0 Å². The molecule has 0 spiro atoms. The lowest BCUT2D eigenvalue weighted by Gasteiger charge is -2.32. The molecule has 1 saturated heterocycles. The zero-order valence-corrected chi connectivity index (χ0v) is 19.4. The van der Waals surface area contributed by atoms with Crippen molar-refractivity contribution in [2.24, 2.45) is 0 Å². The van der Waals surface area contributed by atoms with Crippen molar-refractivity contribution in [3.05, 3.63) is 23.3 Å². The van der Waals surface area contributed by atoms with E-state index in [-0.39, 0.29) is 0 Å². The Bertz CT molecular complexity index is 842. The van der Waals surface area contributed by atoms with Gasteiger partial charge in [-0.25, -0.2) is 0 Å². The molecule has 0 bridgehead atoms. The Labute approximate surface area is 186 Å². The van der Waals surface area contributed by atoms with Gasteiger partial charge in [-0.15, -0.1) is 0 Å². The van der Waals surface area contributed by atoms with E-state index in [4.69, 9.17) is 14.2 Å². The Hall–Kier alpha value is -1.39. The molecule has 174 valence electrons. The first-order valence-electron chi connectivity index (χ1n) is 11.5. The largest absolute Gasteiger partial charge is 0.454 e. The number of rotatable bonds is 2. The van der Waals surface area contributed by atoms with Crippen molar-refractivity contribution in [3.63, 3.8) is 0 Å². The highest BCUT2D eigenvalue weighted by Crippen LogP contribution is 2.36. The quantitative estimate of drug-likeness (QED) is 0.684. The number of ether oxygens (including phenoxy) is 3. The van der Waals surface area contributed by atoms with Crippen LogP contribution >= 0.6 is 0 Å². The van der Waals surface area contributed by atoms with E-state index in [2.05, 4.69) is 24.1 Å². The van der Waals surface area contributed by atoms with Crippen molar-refractivity contribution in [1.82, 2.24) is 13.5 Å². The van der Waals surface area contributed by atoms with Gasteiger partial charge in [-0.05, 0) is 69.0 Å². The van der Waals surface area contributed by atoms with E-state index in [9.17, 15) is 8.42 Å². The maximum atomic E-state index is 13.2. The third kappa shape index (κ3) is 5.70. The van der Waals surface area contributed by atoms with Gasteiger partial charge >= 0.3 is 0 Å². The van der Waals surface area contributed by atoms with E-state index in [1.165, 1.54) is 11.1 Å². The minimum absolute atomic E-state index is 0.293. The minimum atomic E-state index is -3.42. The van der Waals surface area contributed by atoms with Gasteiger partial charge in [0.2, 0.25) is 6.79 Å². The molecule has 0 aliphatic carbocycles. The summed E-state index contributed by atoms with van der Waals surface area (Å²) in [7, 11) is -1.29. The molecule has 3 aliphatic heterocycles. The van der Waals surface area contributed by atoms with Crippen LogP contribution in [0.15, 0.2) is 12.1 Å². The van der Waals surface area contributed by atoms with E-state index in [0.717, 1.165) is 63.1 Å². The molecule has 1 aromatic carbocycles. The van der Waals surface area contributed by atoms with Crippen LogP contribution in [0.2, 0.25) is 0 Å². The zero-order valence-electron chi connectivity index (χ0n) is 18.6. The molecule has 0 N–H and O–H groups in total. The molecule has 3 heterocycles. The summed E-state index contributed by atoms with van der Waals surface area (Å²) in [5.41, 5.74) is 2.62. The predicted octanol–water partition coefficient (Wildman–Crippen LogP) is 2.23. The molecule has 0 aromatic heterocycles. The number of morpholine rings is 1. The molecule has 0 amide bonds. The number of benzene rings is 1. The lowest BCUT2D eigenvalue weighted by Crippen LogP contribution is -2.49. The lowest BCUT2D eigenvalue weighted by molar-refractivity contribution is 0.0700.